The standard InChI is InChI=1S/C18H18BrNO3/c1-22-15-8-6-12(7-9-15)18(11-16(23-2)17(21)20-18)13-4-3-5-14(19)10-13/h3-10,16H,11H2,1-2H3,(H,20,21). The fraction of sp³-hybridized carbons (Fsp3) is 0.278. The van der Waals surface area contributed by atoms with Crippen LogP contribution in [0.1, 0.15) is 17.5 Å². The third-order valence-corrected chi connectivity index (χ3v) is 4.80. The molecule has 0 saturated carbocycles. The first kappa shape index (κ1) is 16.0. The molecule has 2 atom stereocenters. The fourth-order valence-electron chi connectivity index (χ4n) is 3.08. The molecule has 0 radical (unpaired) electrons. The Morgan fingerprint density at radius 3 is 2.43 bits per heavy atom. The Balaban J connectivity index is 2.12. The van der Waals surface area contributed by atoms with Gasteiger partial charge in [-0.2, -0.15) is 0 Å². The first-order valence-corrected chi connectivity index (χ1v) is 8.14. The van der Waals surface area contributed by atoms with Crippen LogP contribution in [0.15, 0.2) is 53.0 Å². The Bertz CT molecular complexity index is 716. The summed E-state index contributed by atoms with van der Waals surface area (Å²) in [6.45, 7) is 0. The SMILES string of the molecule is COc1ccc(C2(c3cccc(Br)c3)CC(OC)C(=O)N2)cc1. The van der Waals surface area contributed by atoms with Crippen LogP contribution in [0.5, 0.6) is 5.75 Å². The maximum Gasteiger partial charge on any atom is 0.250 e. The minimum atomic E-state index is -0.603. The van der Waals surface area contributed by atoms with E-state index in [1.165, 1.54) is 0 Å². The van der Waals surface area contributed by atoms with Gasteiger partial charge < -0.3 is 14.8 Å². The molecule has 4 nitrogen and oxygen atoms in total. The highest BCUT2D eigenvalue weighted by Gasteiger charge is 2.47. The van der Waals surface area contributed by atoms with Crippen LogP contribution in [0.25, 0.3) is 0 Å². The molecule has 1 aliphatic rings. The summed E-state index contributed by atoms with van der Waals surface area (Å²) in [7, 11) is 3.20. The Kier molecular flexibility index (Phi) is 4.41. The van der Waals surface area contributed by atoms with E-state index in [0.29, 0.717) is 6.42 Å². The van der Waals surface area contributed by atoms with Crippen LogP contribution in [0, 0.1) is 0 Å². The van der Waals surface area contributed by atoms with Gasteiger partial charge in [-0.05, 0) is 35.4 Å². The zero-order valence-corrected chi connectivity index (χ0v) is 14.6. The lowest BCUT2D eigenvalue weighted by Gasteiger charge is -2.31. The van der Waals surface area contributed by atoms with Gasteiger partial charge >= 0.3 is 0 Å². The molecular weight excluding hydrogens is 358 g/mol. The van der Waals surface area contributed by atoms with Gasteiger partial charge in [0, 0.05) is 18.0 Å². The van der Waals surface area contributed by atoms with Gasteiger partial charge in [0.25, 0.3) is 0 Å². The van der Waals surface area contributed by atoms with Crippen molar-refractivity contribution in [2.24, 2.45) is 0 Å². The maximum absolute atomic E-state index is 12.3. The van der Waals surface area contributed by atoms with Crippen LogP contribution < -0.4 is 10.1 Å². The van der Waals surface area contributed by atoms with Crippen LogP contribution in [0.3, 0.4) is 0 Å². The quantitative estimate of drug-likeness (QED) is 0.892. The lowest BCUT2D eigenvalue weighted by atomic mass is 9.81. The van der Waals surface area contributed by atoms with E-state index in [1.54, 1.807) is 14.2 Å². The van der Waals surface area contributed by atoms with Gasteiger partial charge in [-0.1, -0.05) is 40.2 Å². The highest BCUT2D eigenvalue weighted by atomic mass is 79.9. The van der Waals surface area contributed by atoms with E-state index >= 15 is 0 Å². The third kappa shape index (κ3) is 2.86. The molecule has 23 heavy (non-hydrogen) atoms. The molecule has 0 bridgehead atoms. The number of rotatable bonds is 4. The topological polar surface area (TPSA) is 47.6 Å². The van der Waals surface area contributed by atoms with E-state index in [-0.39, 0.29) is 5.91 Å². The van der Waals surface area contributed by atoms with Crippen molar-refractivity contribution in [3.63, 3.8) is 0 Å². The molecule has 1 amide bonds. The molecule has 2 unspecified atom stereocenters. The average molecular weight is 376 g/mol. The Morgan fingerprint density at radius 1 is 1.13 bits per heavy atom. The first-order valence-electron chi connectivity index (χ1n) is 7.34. The molecule has 0 aliphatic carbocycles. The zero-order chi connectivity index (χ0) is 16.4. The molecule has 120 valence electrons. The smallest absolute Gasteiger partial charge is 0.250 e. The lowest BCUT2D eigenvalue weighted by molar-refractivity contribution is -0.127. The highest BCUT2D eigenvalue weighted by molar-refractivity contribution is 9.10. The summed E-state index contributed by atoms with van der Waals surface area (Å²) < 4.78 is 11.6. The molecule has 3 rings (SSSR count). The number of ether oxygens (including phenoxy) is 2. The molecule has 1 fully saturated rings. The normalized spacial score (nSPS) is 23.6. The van der Waals surface area contributed by atoms with Crippen LogP contribution >= 0.6 is 15.9 Å². The van der Waals surface area contributed by atoms with E-state index in [0.717, 1.165) is 21.3 Å². The number of amides is 1. The zero-order valence-electron chi connectivity index (χ0n) is 13.0. The predicted molar refractivity (Wildman–Crippen MR) is 91.5 cm³/mol. The number of halogens is 1. The molecule has 1 heterocycles. The second-order valence-electron chi connectivity index (χ2n) is 5.56. The minimum absolute atomic E-state index is 0.0942. The number of nitrogens with one attached hydrogen (secondary N) is 1. The van der Waals surface area contributed by atoms with E-state index in [1.807, 2.05) is 48.5 Å². The minimum Gasteiger partial charge on any atom is -0.497 e. The molecule has 2 aromatic carbocycles. The summed E-state index contributed by atoms with van der Waals surface area (Å²) in [5.74, 6) is 0.689. The van der Waals surface area contributed by atoms with Crippen molar-refractivity contribution in [2.45, 2.75) is 18.1 Å². The molecule has 2 aromatic rings. The number of carbonyl (C=O) groups excluding carboxylic acids is 1. The van der Waals surface area contributed by atoms with Crippen molar-refractivity contribution < 1.29 is 14.3 Å². The van der Waals surface area contributed by atoms with Crippen molar-refractivity contribution in [3.05, 3.63) is 64.1 Å². The molecule has 0 spiro atoms. The summed E-state index contributed by atoms with van der Waals surface area (Å²) in [6, 6.07) is 15.8. The van der Waals surface area contributed by atoms with Gasteiger partial charge in [-0.3, -0.25) is 4.79 Å². The van der Waals surface area contributed by atoms with E-state index in [2.05, 4.69) is 21.2 Å². The van der Waals surface area contributed by atoms with Gasteiger partial charge in [-0.25, -0.2) is 0 Å². The fourth-order valence-corrected chi connectivity index (χ4v) is 3.48. The van der Waals surface area contributed by atoms with Crippen LogP contribution in [0.2, 0.25) is 0 Å². The van der Waals surface area contributed by atoms with E-state index < -0.39 is 11.6 Å². The Morgan fingerprint density at radius 2 is 1.87 bits per heavy atom. The van der Waals surface area contributed by atoms with Crippen molar-refractivity contribution in [2.75, 3.05) is 14.2 Å². The largest absolute Gasteiger partial charge is 0.497 e. The van der Waals surface area contributed by atoms with Crippen molar-refractivity contribution >= 4 is 21.8 Å². The van der Waals surface area contributed by atoms with E-state index in [4.69, 9.17) is 9.47 Å². The summed E-state index contributed by atoms with van der Waals surface area (Å²) in [6.07, 6.45) is 0.0848. The molecule has 0 aromatic heterocycles. The average Bonchev–Trinajstić information content (AvgIpc) is 2.93. The maximum atomic E-state index is 12.3. The monoisotopic (exact) mass is 375 g/mol. The van der Waals surface area contributed by atoms with Crippen LogP contribution in [0.4, 0.5) is 0 Å². The number of hydrogen-bond donors (Lipinski definition) is 1. The lowest BCUT2D eigenvalue weighted by Crippen LogP contribution is -2.40. The summed E-state index contributed by atoms with van der Waals surface area (Å²) in [4.78, 5) is 12.3. The van der Waals surface area contributed by atoms with Gasteiger partial charge in [0.1, 0.15) is 11.9 Å². The third-order valence-electron chi connectivity index (χ3n) is 4.31. The molecular formula is C18H18BrNO3. The van der Waals surface area contributed by atoms with Crippen molar-refractivity contribution in [1.82, 2.24) is 5.32 Å². The van der Waals surface area contributed by atoms with Gasteiger partial charge in [0.05, 0.1) is 12.6 Å². The van der Waals surface area contributed by atoms with Crippen LogP contribution in [-0.2, 0) is 15.1 Å². The Labute approximate surface area is 143 Å². The second kappa shape index (κ2) is 6.34. The van der Waals surface area contributed by atoms with Crippen molar-refractivity contribution in [3.8, 4) is 5.75 Å². The summed E-state index contributed by atoms with van der Waals surface area (Å²) in [5, 5.41) is 3.14. The second-order valence-corrected chi connectivity index (χ2v) is 6.48. The molecule has 1 N–H and O–H groups in total. The van der Waals surface area contributed by atoms with Crippen molar-refractivity contribution in [1.29, 1.82) is 0 Å². The van der Waals surface area contributed by atoms with Crippen LogP contribution in [-0.4, -0.2) is 26.2 Å². The Hall–Kier alpha value is -1.85. The first-order chi connectivity index (χ1) is 11.1. The highest BCUT2D eigenvalue weighted by Crippen LogP contribution is 2.40. The summed E-state index contributed by atoms with van der Waals surface area (Å²) in [5.41, 5.74) is 1.42. The number of hydrogen-bond acceptors (Lipinski definition) is 3. The predicted octanol–water partition coefficient (Wildman–Crippen LogP) is 3.24. The number of carbonyl (C=O) groups is 1. The summed E-state index contributed by atoms with van der Waals surface area (Å²) >= 11 is 3.51. The number of benzene rings is 2. The van der Waals surface area contributed by atoms with Gasteiger partial charge in [0.2, 0.25) is 5.91 Å². The van der Waals surface area contributed by atoms with Gasteiger partial charge in [-0.15, -0.1) is 0 Å². The molecule has 1 aliphatic heterocycles. The van der Waals surface area contributed by atoms with E-state index in [9.17, 15) is 4.79 Å². The molecule has 5 heteroatoms. The molecule has 1 saturated heterocycles. The van der Waals surface area contributed by atoms with Gasteiger partial charge in [0.15, 0.2) is 0 Å². The number of methoxy groups -OCH3 is 2.